The maximum Gasteiger partial charge on any atom is 1.00 e. The molecule has 8 nitrogen and oxygen atoms in total. The van der Waals surface area contributed by atoms with E-state index >= 15 is 0 Å². The maximum atomic E-state index is 10.8. The molecule has 12 heteroatoms. The predicted molar refractivity (Wildman–Crippen MR) is 69.0 cm³/mol. The number of carbonyl (C=O) groups is 2. The molecule has 0 aliphatic heterocycles. The van der Waals surface area contributed by atoms with E-state index < -0.39 is 26.2 Å². The van der Waals surface area contributed by atoms with Crippen molar-refractivity contribution in [1.29, 1.82) is 0 Å². The van der Waals surface area contributed by atoms with Gasteiger partial charge in [-0.2, -0.15) is 0 Å². The molecule has 0 N–H and O–H groups in total. The van der Waals surface area contributed by atoms with Gasteiger partial charge in [-0.05, 0) is 12.8 Å². The molecule has 0 fully saturated rings. The van der Waals surface area contributed by atoms with Crippen molar-refractivity contribution >= 4 is 26.2 Å². The van der Waals surface area contributed by atoms with Gasteiger partial charge in [-0.1, -0.05) is 32.1 Å². The minimum absolute atomic E-state index is 0. The summed E-state index contributed by atoms with van der Waals surface area (Å²) >= 11 is 0. The molecule has 0 aromatic rings. The Morgan fingerprint density at radius 3 is 1.04 bits per heavy atom. The van der Waals surface area contributed by atoms with E-state index in [2.05, 4.69) is 0 Å². The van der Waals surface area contributed by atoms with Crippen LogP contribution >= 0.6 is 15.2 Å². The van der Waals surface area contributed by atoms with E-state index in [1.54, 1.807) is 0 Å². The van der Waals surface area contributed by atoms with Crippen molar-refractivity contribution in [3.8, 4) is 0 Å². The van der Waals surface area contributed by atoms with Gasteiger partial charge in [0.05, 0.1) is 0 Å². The van der Waals surface area contributed by atoms with E-state index in [0.717, 1.165) is 19.3 Å². The molecule has 0 aromatic heterocycles. The van der Waals surface area contributed by atoms with Crippen LogP contribution in [0.5, 0.6) is 0 Å². The van der Waals surface area contributed by atoms with Crippen LogP contribution in [0.25, 0.3) is 0 Å². The van der Waals surface area contributed by atoms with Gasteiger partial charge in [0, 0.05) is 28.0 Å². The topological polar surface area (TPSA) is 161 Å². The molecule has 0 saturated carbocycles. The van der Waals surface area contributed by atoms with Crippen LogP contribution in [0, 0.1) is 0 Å². The normalized spacial score (nSPS) is 11.3. The monoisotopic (exact) mass is 388 g/mol. The molecule has 0 heterocycles. The third-order valence-electron chi connectivity index (χ3n) is 2.89. The summed E-state index contributed by atoms with van der Waals surface area (Å²) in [6, 6.07) is 0. The van der Waals surface area contributed by atoms with Crippen LogP contribution in [0.3, 0.4) is 0 Å². The molecule has 0 saturated heterocycles. The van der Waals surface area contributed by atoms with Crippen LogP contribution in [-0.2, 0) is 18.7 Å². The minimum Gasteiger partial charge on any atom is -0.805 e. The van der Waals surface area contributed by atoms with Gasteiger partial charge in [0.15, 0.2) is 11.0 Å². The molecule has 0 atom stereocenters. The summed E-state index contributed by atoms with van der Waals surface area (Å²) in [6.45, 7) is 0. The number of carbonyl (C=O) groups excluding carboxylic acids is 2. The van der Waals surface area contributed by atoms with Gasteiger partial charge >= 0.3 is 62.0 Å². The van der Waals surface area contributed by atoms with Crippen molar-refractivity contribution in [3.63, 3.8) is 0 Å². The van der Waals surface area contributed by atoms with Gasteiger partial charge in [-0.15, -0.1) is 0 Å². The van der Waals surface area contributed by atoms with E-state index in [1.807, 2.05) is 0 Å². The largest absolute Gasteiger partial charge is 1.00 e. The average molecular weight is 388 g/mol. The Balaban J connectivity index is -0.000000333. The smallest absolute Gasteiger partial charge is 0.805 e. The molecule has 124 valence electrons. The molecule has 23 heavy (non-hydrogen) atoms. The zero-order chi connectivity index (χ0) is 16.5. The number of rotatable bonds is 12. The fourth-order valence-corrected chi connectivity index (χ4v) is 2.57. The minimum atomic E-state index is -5.10. The summed E-state index contributed by atoms with van der Waals surface area (Å²) in [4.78, 5) is 62.9. The van der Waals surface area contributed by atoms with E-state index in [-0.39, 0.29) is 74.8 Å². The van der Waals surface area contributed by atoms with E-state index in [1.165, 1.54) is 0 Å². The molecule has 0 bridgehead atoms. The van der Waals surface area contributed by atoms with Gasteiger partial charge in [-0.25, -0.2) is 0 Å². The maximum absolute atomic E-state index is 10.8. The number of hydrogen-bond acceptors (Lipinski definition) is 8. The van der Waals surface area contributed by atoms with Crippen LogP contribution < -0.4 is 78.7 Å². The molecule has 0 spiro atoms. The molecule has 0 radical (unpaired) electrons. The standard InChI is InChI=1S/C11H22O8P2.2Na/c12-10(20(14,15)16)8-6-4-2-1-3-5-7-9-11(13)21(17,18)19;;/h1-9H2,(H2,14,15,16)(H2,17,18,19);;/q;2*+1/p-2. The summed E-state index contributed by atoms with van der Waals surface area (Å²) in [5.41, 5.74) is -2.53. The third-order valence-corrected chi connectivity index (χ3v) is 4.56. The van der Waals surface area contributed by atoms with Crippen molar-refractivity contribution in [3.05, 3.63) is 0 Å². The fourth-order valence-electron chi connectivity index (χ4n) is 1.71. The van der Waals surface area contributed by atoms with Gasteiger partial charge in [0.25, 0.3) is 0 Å². The van der Waals surface area contributed by atoms with Crippen molar-refractivity contribution in [2.75, 3.05) is 0 Å². The molecule has 0 unspecified atom stereocenters. The van der Waals surface area contributed by atoms with Gasteiger partial charge in [0.1, 0.15) is 0 Å². The zero-order valence-electron chi connectivity index (χ0n) is 15.5. The van der Waals surface area contributed by atoms with Gasteiger partial charge in [-0.3, -0.25) is 9.59 Å². The quantitative estimate of drug-likeness (QED) is 0.181. The molecular formula is C11H20Na2O8P2. The molecule has 0 amide bonds. The first-order valence-electron chi connectivity index (χ1n) is 6.66. The summed E-state index contributed by atoms with van der Waals surface area (Å²) in [5, 5.41) is 0. The van der Waals surface area contributed by atoms with E-state index in [9.17, 15) is 38.3 Å². The molecule has 0 aromatic carbocycles. The first-order valence-corrected chi connectivity index (χ1v) is 9.74. The second kappa shape index (κ2) is 14.8. The molecule has 0 rings (SSSR count). The van der Waals surface area contributed by atoms with Crippen molar-refractivity contribution < 1.29 is 100 Å². The summed E-state index contributed by atoms with van der Waals surface area (Å²) in [6.07, 6.45) is 3.63. The number of unbranched alkanes of at least 4 members (excludes halogenated alkanes) is 6. The predicted octanol–water partition coefficient (Wildman–Crippen LogP) is -6.39. The Bertz CT molecular complexity index is 415. The van der Waals surface area contributed by atoms with Crippen LogP contribution in [0.1, 0.15) is 60.6 Å². The van der Waals surface area contributed by atoms with Crippen LogP contribution in [0.15, 0.2) is 0 Å². The van der Waals surface area contributed by atoms with Crippen LogP contribution in [-0.4, -0.2) is 11.0 Å². The first kappa shape index (κ1) is 29.4. The Morgan fingerprint density at radius 2 is 0.826 bits per heavy atom. The van der Waals surface area contributed by atoms with Gasteiger partial charge in [0.2, 0.25) is 0 Å². The van der Waals surface area contributed by atoms with Crippen LogP contribution in [0.2, 0.25) is 0 Å². The van der Waals surface area contributed by atoms with Crippen LogP contribution in [0.4, 0.5) is 0 Å². The molecular weight excluding hydrogens is 368 g/mol. The van der Waals surface area contributed by atoms with Crippen molar-refractivity contribution in [1.82, 2.24) is 0 Å². The summed E-state index contributed by atoms with van der Waals surface area (Å²) in [5.74, 6) is 0. The summed E-state index contributed by atoms with van der Waals surface area (Å²) < 4.78 is 20.7. The Hall–Kier alpha value is 1.64. The Morgan fingerprint density at radius 1 is 0.609 bits per heavy atom. The van der Waals surface area contributed by atoms with Crippen molar-refractivity contribution in [2.24, 2.45) is 0 Å². The Labute approximate surface area is 183 Å². The SMILES string of the molecule is O=C(CCCCCCCCCC(=O)P(=O)([O-])[O-])P(=O)([O-])[O-].[H+].[H+].[Na+].[Na+]. The second-order valence-corrected chi connectivity index (χ2v) is 7.74. The van der Waals surface area contributed by atoms with Gasteiger partial charge < -0.3 is 28.7 Å². The number of hydrogen-bond donors (Lipinski definition) is 0. The summed E-state index contributed by atoms with van der Waals surface area (Å²) in [7, 11) is -10.2. The second-order valence-electron chi connectivity index (χ2n) is 4.76. The van der Waals surface area contributed by atoms with Crippen molar-refractivity contribution in [2.45, 2.75) is 57.8 Å². The van der Waals surface area contributed by atoms with E-state index in [0.29, 0.717) is 25.7 Å². The Kier molecular flexibility index (Phi) is 18.9. The van der Waals surface area contributed by atoms with E-state index in [4.69, 9.17) is 0 Å². The fraction of sp³-hybridized carbons (Fsp3) is 0.818. The molecule has 0 aliphatic rings. The average Bonchev–Trinajstić information content (AvgIpc) is 2.33. The molecule has 0 aliphatic carbocycles. The third kappa shape index (κ3) is 16.8. The first-order chi connectivity index (χ1) is 9.55. The zero-order valence-corrected chi connectivity index (χ0v) is 19.3.